The van der Waals surface area contributed by atoms with Gasteiger partial charge in [0.15, 0.2) is 0 Å². The zero-order chi connectivity index (χ0) is 16.6. The largest absolute Gasteiger partial charge is 0.396 e. The molecule has 4 rings (SSSR count). The van der Waals surface area contributed by atoms with E-state index in [-0.39, 0.29) is 24.6 Å². The Labute approximate surface area is 143 Å². The second kappa shape index (κ2) is 6.25. The number of carbonyl (C=O) groups is 1. The fourth-order valence-electron chi connectivity index (χ4n) is 4.69. The number of carbonyl (C=O) groups excluding carboxylic acids is 1. The maximum atomic E-state index is 12.1. The Kier molecular flexibility index (Phi) is 4.09. The molecule has 2 unspecified atom stereocenters. The molecule has 1 aromatic carbocycles. The number of fused-ring (bicyclic) bond motifs is 2. The van der Waals surface area contributed by atoms with Gasteiger partial charge < -0.3 is 15.7 Å². The van der Waals surface area contributed by atoms with E-state index in [0.717, 1.165) is 13.0 Å². The highest BCUT2D eigenvalue weighted by Gasteiger charge is 2.56. The Hall–Kier alpha value is -1.81. The molecule has 1 saturated carbocycles. The van der Waals surface area contributed by atoms with Gasteiger partial charge >= 0.3 is 6.03 Å². The van der Waals surface area contributed by atoms with E-state index in [2.05, 4.69) is 34.9 Å². The molecule has 3 aliphatic carbocycles. The first-order valence-corrected chi connectivity index (χ1v) is 9.13. The molecule has 0 heterocycles. The molecule has 0 radical (unpaired) electrons. The van der Waals surface area contributed by atoms with Crippen molar-refractivity contribution in [1.29, 1.82) is 0 Å². The molecular formula is C20H26N2O2. The zero-order valence-electron chi connectivity index (χ0n) is 14.0. The Morgan fingerprint density at radius 1 is 1.29 bits per heavy atom. The van der Waals surface area contributed by atoms with Crippen LogP contribution in [0, 0.1) is 11.8 Å². The fourth-order valence-corrected chi connectivity index (χ4v) is 4.69. The van der Waals surface area contributed by atoms with Crippen LogP contribution in [0.4, 0.5) is 4.79 Å². The number of amides is 2. The number of aryl methyl sites for hydroxylation is 1. The summed E-state index contributed by atoms with van der Waals surface area (Å²) >= 11 is 0. The van der Waals surface area contributed by atoms with Gasteiger partial charge in [-0.15, -0.1) is 0 Å². The summed E-state index contributed by atoms with van der Waals surface area (Å²) in [6.07, 6.45) is 9.66. The van der Waals surface area contributed by atoms with E-state index < -0.39 is 0 Å². The van der Waals surface area contributed by atoms with E-state index in [0.29, 0.717) is 11.3 Å². The van der Waals surface area contributed by atoms with Crippen LogP contribution >= 0.6 is 0 Å². The molecule has 1 aromatic rings. The molecule has 4 atom stereocenters. The van der Waals surface area contributed by atoms with Crippen LogP contribution in [-0.2, 0) is 11.8 Å². The highest BCUT2D eigenvalue weighted by atomic mass is 16.3. The fraction of sp³-hybridized carbons (Fsp3) is 0.550. The molecule has 3 aliphatic rings. The second-order valence-electron chi connectivity index (χ2n) is 7.59. The van der Waals surface area contributed by atoms with Gasteiger partial charge in [0.2, 0.25) is 0 Å². The lowest BCUT2D eigenvalue weighted by molar-refractivity contribution is 0.231. The highest BCUT2D eigenvalue weighted by Crippen LogP contribution is 2.59. The van der Waals surface area contributed by atoms with E-state index >= 15 is 0 Å². The van der Waals surface area contributed by atoms with E-state index in [9.17, 15) is 4.79 Å². The minimum absolute atomic E-state index is 0.0470. The Morgan fingerprint density at radius 2 is 2.17 bits per heavy atom. The van der Waals surface area contributed by atoms with Crippen molar-refractivity contribution in [2.24, 2.45) is 11.8 Å². The standard InChI is InChI=1S/C20H26N2O2/c23-13-14-7-8-17(10-14)22-19(24)21-12-16-11-20(16)9-3-5-15-4-1-2-6-18(15)20/h1-2,4,6-8,14,16-17,23H,3,5,9-13H2,(H2,21,22,24)/t14-,16?,17+,20?/m0/s1. The van der Waals surface area contributed by atoms with Crippen molar-refractivity contribution in [3.05, 3.63) is 47.5 Å². The molecule has 4 heteroatoms. The monoisotopic (exact) mass is 326 g/mol. The minimum atomic E-state index is -0.0885. The minimum Gasteiger partial charge on any atom is -0.396 e. The second-order valence-corrected chi connectivity index (χ2v) is 7.59. The number of hydrogen-bond donors (Lipinski definition) is 3. The number of aliphatic hydroxyl groups is 1. The van der Waals surface area contributed by atoms with Crippen LogP contribution in [0.25, 0.3) is 0 Å². The van der Waals surface area contributed by atoms with Crippen molar-refractivity contribution in [1.82, 2.24) is 10.6 Å². The quantitative estimate of drug-likeness (QED) is 0.745. The van der Waals surface area contributed by atoms with Crippen LogP contribution in [0.2, 0.25) is 0 Å². The normalized spacial score (nSPS) is 33.3. The van der Waals surface area contributed by atoms with Crippen LogP contribution in [0.5, 0.6) is 0 Å². The van der Waals surface area contributed by atoms with Crippen molar-refractivity contribution < 1.29 is 9.90 Å². The first-order chi connectivity index (χ1) is 11.7. The van der Waals surface area contributed by atoms with Crippen molar-refractivity contribution >= 4 is 6.03 Å². The van der Waals surface area contributed by atoms with Crippen molar-refractivity contribution in [3.63, 3.8) is 0 Å². The predicted molar refractivity (Wildman–Crippen MR) is 93.8 cm³/mol. The zero-order valence-corrected chi connectivity index (χ0v) is 14.0. The SMILES string of the molecule is O=C(NCC1CC12CCCc1ccccc12)N[C@@H]1C=C[C@H](CO)C1. The Bertz CT molecular complexity index is 657. The number of rotatable bonds is 4. The third kappa shape index (κ3) is 2.84. The molecule has 0 bridgehead atoms. The van der Waals surface area contributed by atoms with Crippen molar-refractivity contribution in [2.75, 3.05) is 13.2 Å². The molecule has 1 spiro atoms. The third-order valence-corrected chi connectivity index (χ3v) is 6.09. The van der Waals surface area contributed by atoms with Gasteiger partial charge in [0.1, 0.15) is 0 Å². The molecule has 3 N–H and O–H groups in total. The van der Waals surface area contributed by atoms with Gasteiger partial charge in [0.05, 0.1) is 0 Å². The van der Waals surface area contributed by atoms with Gasteiger partial charge in [-0.1, -0.05) is 36.4 Å². The molecule has 0 saturated heterocycles. The molecule has 1 fully saturated rings. The molecule has 24 heavy (non-hydrogen) atoms. The molecule has 4 nitrogen and oxygen atoms in total. The number of benzene rings is 1. The summed E-state index contributed by atoms with van der Waals surface area (Å²) in [5, 5.41) is 15.2. The van der Waals surface area contributed by atoms with E-state index in [1.54, 1.807) is 0 Å². The Balaban J connectivity index is 1.30. The summed E-state index contributed by atoms with van der Waals surface area (Å²) in [6, 6.07) is 8.78. The summed E-state index contributed by atoms with van der Waals surface area (Å²) in [5.74, 6) is 0.745. The van der Waals surface area contributed by atoms with Crippen LogP contribution in [-0.4, -0.2) is 30.3 Å². The van der Waals surface area contributed by atoms with Gasteiger partial charge in [0, 0.05) is 30.5 Å². The van der Waals surface area contributed by atoms with Crippen LogP contribution in [0.3, 0.4) is 0 Å². The number of aliphatic hydroxyl groups excluding tert-OH is 1. The Morgan fingerprint density at radius 3 is 3.00 bits per heavy atom. The summed E-state index contributed by atoms with van der Waals surface area (Å²) in [4.78, 5) is 12.1. The summed E-state index contributed by atoms with van der Waals surface area (Å²) in [6.45, 7) is 0.903. The van der Waals surface area contributed by atoms with Gasteiger partial charge in [-0.05, 0) is 49.1 Å². The molecule has 0 aromatic heterocycles. The maximum absolute atomic E-state index is 12.1. The van der Waals surface area contributed by atoms with Gasteiger partial charge in [-0.2, -0.15) is 0 Å². The van der Waals surface area contributed by atoms with Crippen LogP contribution < -0.4 is 10.6 Å². The average molecular weight is 326 g/mol. The predicted octanol–water partition coefficient (Wildman–Crippen LogP) is 2.52. The summed E-state index contributed by atoms with van der Waals surface area (Å²) in [7, 11) is 0. The lowest BCUT2D eigenvalue weighted by Crippen LogP contribution is -2.42. The number of nitrogens with one attached hydrogen (secondary N) is 2. The topological polar surface area (TPSA) is 61.4 Å². The maximum Gasteiger partial charge on any atom is 0.315 e. The summed E-state index contributed by atoms with van der Waals surface area (Å²) in [5.41, 5.74) is 3.34. The molecular weight excluding hydrogens is 300 g/mol. The van der Waals surface area contributed by atoms with Crippen LogP contribution in [0.1, 0.15) is 36.8 Å². The average Bonchev–Trinajstić information content (AvgIpc) is 3.09. The number of urea groups is 1. The van der Waals surface area contributed by atoms with E-state index in [4.69, 9.17) is 5.11 Å². The molecule has 2 amide bonds. The first-order valence-electron chi connectivity index (χ1n) is 9.13. The lowest BCUT2D eigenvalue weighted by Gasteiger charge is -2.26. The van der Waals surface area contributed by atoms with E-state index in [1.807, 2.05) is 12.2 Å². The highest BCUT2D eigenvalue weighted by molar-refractivity contribution is 5.74. The number of hydrogen-bond acceptors (Lipinski definition) is 2. The van der Waals surface area contributed by atoms with Crippen molar-refractivity contribution in [3.8, 4) is 0 Å². The van der Waals surface area contributed by atoms with Gasteiger partial charge in [0.25, 0.3) is 0 Å². The lowest BCUT2D eigenvalue weighted by atomic mass is 9.78. The first kappa shape index (κ1) is 15.7. The molecule has 128 valence electrons. The van der Waals surface area contributed by atoms with Crippen LogP contribution in [0.15, 0.2) is 36.4 Å². The third-order valence-electron chi connectivity index (χ3n) is 6.09. The van der Waals surface area contributed by atoms with E-state index in [1.165, 1.54) is 36.8 Å². The van der Waals surface area contributed by atoms with Gasteiger partial charge in [-0.25, -0.2) is 4.79 Å². The van der Waals surface area contributed by atoms with Crippen molar-refractivity contribution in [2.45, 2.75) is 43.6 Å². The molecule has 0 aliphatic heterocycles. The summed E-state index contributed by atoms with van der Waals surface area (Å²) < 4.78 is 0. The van der Waals surface area contributed by atoms with Gasteiger partial charge in [-0.3, -0.25) is 0 Å². The smallest absolute Gasteiger partial charge is 0.315 e.